The first-order valence-electron chi connectivity index (χ1n) is 11.2. The molecule has 184 valence electrons. The number of carbonyl (C=O) groups is 3. The van der Waals surface area contributed by atoms with E-state index in [1.165, 1.54) is 31.3 Å². The van der Waals surface area contributed by atoms with Crippen molar-refractivity contribution < 1.29 is 29.0 Å². The van der Waals surface area contributed by atoms with Crippen LogP contribution in [-0.4, -0.2) is 51.1 Å². The second-order valence-corrected chi connectivity index (χ2v) is 8.39. The van der Waals surface area contributed by atoms with Gasteiger partial charge in [0.25, 0.3) is 11.7 Å². The third kappa shape index (κ3) is 4.29. The molecule has 0 aromatic heterocycles. The first-order valence-corrected chi connectivity index (χ1v) is 11.2. The van der Waals surface area contributed by atoms with E-state index in [1.807, 2.05) is 43.3 Å². The van der Waals surface area contributed by atoms with Gasteiger partial charge >= 0.3 is 5.97 Å². The highest BCUT2D eigenvalue weighted by Crippen LogP contribution is 2.43. The highest BCUT2D eigenvalue weighted by Gasteiger charge is 2.47. The molecule has 1 aliphatic rings. The maximum absolute atomic E-state index is 13.4. The van der Waals surface area contributed by atoms with Crippen LogP contribution in [-0.2, 0) is 14.3 Å². The molecule has 1 aliphatic heterocycles. The molecule has 0 bridgehead atoms. The maximum Gasteiger partial charge on any atom is 0.337 e. The number of Topliss-reactive ketones (excluding diaryl/α,β-unsaturated/α-hetero) is 1. The average molecular weight is 487 g/mol. The Morgan fingerprint density at radius 1 is 0.917 bits per heavy atom. The van der Waals surface area contributed by atoms with Crippen molar-refractivity contribution >= 4 is 34.8 Å². The van der Waals surface area contributed by atoms with Gasteiger partial charge in [0.2, 0.25) is 0 Å². The fraction of sp³-hybridized carbons (Fsp3) is 0.179. The van der Waals surface area contributed by atoms with E-state index in [2.05, 4.69) is 0 Å². The number of hydrogen-bond acceptors (Lipinski definition) is 7. The number of esters is 1. The van der Waals surface area contributed by atoms with Crippen molar-refractivity contribution in [1.82, 2.24) is 0 Å². The van der Waals surface area contributed by atoms with Crippen LogP contribution in [0.1, 0.15) is 27.5 Å². The quantitative estimate of drug-likeness (QED) is 0.242. The molecule has 0 radical (unpaired) electrons. The SMILES string of the molecule is COC(=O)c1ccc(N2C(=O)C(=O)/C(=C(/O)c3ccccc3OC)C2c2ccc(N(C)C)cc2)cc1. The summed E-state index contributed by atoms with van der Waals surface area (Å²) in [6, 6.07) is 19.4. The van der Waals surface area contributed by atoms with Crippen molar-refractivity contribution in [3.63, 3.8) is 0 Å². The lowest BCUT2D eigenvalue weighted by molar-refractivity contribution is -0.132. The fourth-order valence-electron chi connectivity index (χ4n) is 4.23. The minimum atomic E-state index is -0.907. The normalized spacial score (nSPS) is 16.7. The van der Waals surface area contributed by atoms with E-state index in [0.29, 0.717) is 28.1 Å². The Morgan fingerprint density at radius 3 is 2.14 bits per heavy atom. The number of ketones is 1. The molecule has 8 heteroatoms. The van der Waals surface area contributed by atoms with E-state index in [-0.39, 0.29) is 11.3 Å². The number of aliphatic hydroxyl groups excluding tert-OH is 1. The van der Waals surface area contributed by atoms with Gasteiger partial charge in [0, 0.05) is 25.5 Å². The Morgan fingerprint density at radius 2 is 1.56 bits per heavy atom. The molecule has 1 saturated heterocycles. The van der Waals surface area contributed by atoms with Crippen LogP contribution in [0.5, 0.6) is 5.75 Å². The van der Waals surface area contributed by atoms with Gasteiger partial charge in [0.05, 0.1) is 37.0 Å². The predicted molar refractivity (Wildman–Crippen MR) is 136 cm³/mol. The molecule has 8 nitrogen and oxygen atoms in total. The molecule has 1 heterocycles. The smallest absolute Gasteiger partial charge is 0.337 e. The van der Waals surface area contributed by atoms with Gasteiger partial charge in [-0.05, 0) is 54.1 Å². The van der Waals surface area contributed by atoms with Crippen LogP contribution < -0.4 is 14.5 Å². The number of methoxy groups -OCH3 is 2. The fourth-order valence-corrected chi connectivity index (χ4v) is 4.23. The van der Waals surface area contributed by atoms with E-state index in [9.17, 15) is 19.5 Å². The van der Waals surface area contributed by atoms with Gasteiger partial charge in [0.15, 0.2) is 0 Å². The third-order valence-electron chi connectivity index (χ3n) is 6.10. The molecular weight excluding hydrogens is 460 g/mol. The van der Waals surface area contributed by atoms with Gasteiger partial charge in [-0.2, -0.15) is 0 Å². The van der Waals surface area contributed by atoms with Crippen LogP contribution in [0.2, 0.25) is 0 Å². The summed E-state index contributed by atoms with van der Waals surface area (Å²) in [7, 11) is 6.56. The number of anilines is 2. The summed E-state index contributed by atoms with van der Waals surface area (Å²) >= 11 is 0. The molecule has 1 N–H and O–H groups in total. The minimum Gasteiger partial charge on any atom is -0.507 e. The summed E-state index contributed by atoms with van der Waals surface area (Å²) in [4.78, 5) is 41.8. The molecule has 0 spiro atoms. The van der Waals surface area contributed by atoms with Crippen LogP contribution >= 0.6 is 0 Å². The van der Waals surface area contributed by atoms with Crippen molar-refractivity contribution in [3.05, 3.63) is 95.1 Å². The van der Waals surface area contributed by atoms with Crippen molar-refractivity contribution in [3.8, 4) is 5.75 Å². The standard InChI is InChI=1S/C28H26N2O6/c1-29(2)19-13-9-17(10-14-19)24-23(25(31)21-7-5-6-8-22(21)35-3)26(32)27(33)30(24)20-15-11-18(12-16-20)28(34)36-4/h5-16,24,31H,1-4H3/b25-23+. The zero-order valence-corrected chi connectivity index (χ0v) is 20.4. The molecule has 1 unspecified atom stereocenters. The van der Waals surface area contributed by atoms with E-state index in [4.69, 9.17) is 9.47 Å². The van der Waals surface area contributed by atoms with Gasteiger partial charge in [-0.1, -0.05) is 24.3 Å². The zero-order chi connectivity index (χ0) is 26.0. The topological polar surface area (TPSA) is 96.4 Å². The second kappa shape index (κ2) is 9.95. The number of para-hydroxylation sites is 1. The molecule has 1 atom stereocenters. The number of carbonyl (C=O) groups excluding carboxylic acids is 3. The Hall–Kier alpha value is -4.59. The number of rotatable bonds is 6. The van der Waals surface area contributed by atoms with Gasteiger partial charge in [-0.25, -0.2) is 4.79 Å². The molecule has 3 aromatic rings. The first kappa shape index (κ1) is 24.5. The van der Waals surface area contributed by atoms with Crippen molar-refractivity contribution in [2.75, 3.05) is 38.1 Å². The van der Waals surface area contributed by atoms with Crippen LogP contribution in [0, 0.1) is 0 Å². The number of amides is 1. The van der Waals surface area contributed by atoms with E-state index in [1.54, 1.807) is 36.4 Å². The summed E-state index contributed by atoms with van der Waals surface area (Å²) in [6.45, 7) is 0. The lowest BCUT2D eigenvalue weighted by atomic mass is 9.94. The first-order chi connectivity index (χ1) is 17.3. The summed E-state index contributed by atoms with van der Waals surface area (Å²) in [5, 5.41) is 11.3. The van der Waals surface area contributed by atoms with Crippen molar-refractivity contribution in [2.45, 2.75) is 6.04 Å². The van der Waals surface area contributed by atoms with Crippen LogP contribution in [0.4, 0.5) is 11.4 Å². The lowest BCUT2D eigenvalue weighted by Gasteiger charge is -2.26. The van der Waals surface area contributed by atoms with Gasteiger partial charge in [-0.15, -0.1) is 0 Å². The molecule has 4 rings (SSSR count). The van der Waals surface area contributed by atoms with Gasteiger partial charge in [-0.3, -0.25) is 14.5 Å². The predicted octanol–water partition coefficient (Wildman–Crippen LogP) is 4.17. The van der Waals surface area contributed by atoms with E-state index in [0.717, 1.165) is 5.69 Å². The number of hydrogen-bond donors (Lipinski definition) is 1. The van der Waals surface area contributed by atoms with Crippen LogP contribution in [0.25, 0.3) is 5.76 Å². The van der Waals surface area contributed by atoms with E-state index >= 15 is 0 Å². The third-order valence-corrected chi connectivity index (χ3v) is 6.10. The Bertz CT molecular complexity index is 1340. The van der Waals surface area contributed by atoms with Crippen molar-refractivity contribution in [2.24, 2.45) is 0 Å². The molecule has 0 aliphatic carbocycles. The average Bonchev–Trinajstić information content (AvgIpc) is 3.17. The van der Waals surface area contributed by atoms with Crippen LogP contribution in [0.15, 0.2) is 78.4 Å². The molecule has 3 aromatic carbocycles. The summed E-state index contributed by atoms with van der Waals surface area (Å²) in [5.74, 6) is -2.10. The molecule has 36 heavy (non-hydrogen) atoms. The highest BCUT2D eigenvalue weighted by molar-refractivity contribution is 6.51. The number of aliphatic hydroxyl groups is 1. The number of nitrogens with zero attached hydrogens (tertiary/aromatic N) is 2. The molecule has 1 fully saturated rings. The minimum absolute atomic E-state index is 0.0563. The molecule has 1 amide bonds. The van der Waals surface area contributed by atoms with Gasteiger partial charge < -0.3 is 19.5 Å². The van der Waals surface area contributed by atoms with Crippen molar-refractivity contribution in [1.29, 1.82) is 0 Å². The Kier molecular flexibility index (Phi) is 6.78. The largest absolute Gasteiger partial charge is 0.507 e. The van der Waals surface area contributed by atoms with Gasteiger partial charge in [0.1, 0.15) is 11.5 Å². The molecular formula is C28H26N2O6. The second-order valence-electron chi connectivity index (χ2n) is 8.39. The number of ether oxygens (including phenoxy) is 2. The summed E-state index contributed by atoms with van der Waals surface area (Å²) in [6.07, 6.45) is 0. The van der Waals surface area contributed by atoms with E-state index < -0.39 is 23.7 Å². The number of benzene rings is 3. The Labute approximate surface area is 209 Å². The monoisotopic (exact) mass is 486 g/mol. The molecule has 0 saturated carbocycles. The lowest BCUT2D eigenvalue weighted by Crippen LogP contribution is -2.29. The maximum atomic E-state index is 13.4. The Balaban J connectivity index is 1.91. The summed E-state index contributed by atoms with van der Waals surface area (Å²) < 4.78 is 10.1. The highest BCUT2D eigenvalue weighted by atomic mass is 16.5. The van der Waals surface area contributed by atoms with Crippen LogP contribution in [0.3, 0.4) is 0 Å². The zero-order valence-electron chi connectivity index (χ0n) is 20.4. The summed E-state index contributed by atoms with van der Waals surface area (Å²) in [5.41, 5.74) is 2.51.